The lowest BCUT2D eigenvalue weighted by atomic mass is 10.1. The van der Waals surface area contributed by atoms with Crippen LogP contribution < -0.4 is 4.74 Å². The minimum absolute atomic E-state index is 0.0809. The second kappa shape index (κ2) is 6.96. The van der Waals surface area contributed by atoms with E-state index in [4.69, 9.17) is 15.0 Å². The molecular formula is C21H15N3O4. The highest BCUT2D eigenvalue weighted by molar-refractivity contribution is 6.32. The molecule has 2 aromatic rings. The van der Waals surface area contributed by atoms with Crippen molar-refractivity contribution in [1.29, 1.82) is 5.41 Å². The second-order valence-corrected chi connectivity index (χ2v) is 6.15. The lowest BCUT2D eigenvalue weighted by molar-refractivity contribution is -0.114. The molecule has 2 aliphatic heterocycles. The van der Waals surface area contributed by atoms with Crippen LogP contribution in [0.2, 0.25) is 0 Å². The predicted molar refractivity (Wildman–Crippen MR) is 103 cm³/mol. The van der Waals surface area contributed by atoms with Crippen LogP contribution in [0.3, 0.4) is 0 Å². The second-order valence-electron chi connectivity index (χ2n) is 6.15. The van der Waals surface area contributed by atoms with Crippen LogP contribution in [0.1, 0.15) is 22.8 Å². The van der Waals surface area contributed by atoms with Crippen LogP contribution in [-0.4, -0.2) is 28.6 Å². The molecule has 2 aromatic carbocycles. The molecule has 0 saturated heterocycles. The molecule has 138 valence electrons. The molecule has 7 nitrogen and oxygen atoms in total. The average molecular weight is 373 g/mol. The SMILES string of the molecule is CC1=CC2=NC(=O)/C(=C/c3ccc(OC(=O)c4ccccc4)cc3)C(=N)N2O1. The van der Waals surface area contributed by atoms with Crippen molar-refractivity contribution in [2.45, 2.75) is 6.92 Å². The third-order valence-electron chi connectivity index (χ3n) is 4.09. The molecule has 1 amide bonds. The summed E-state index contributed by atoms with van der Waals surface area (Å²) < 4.78 is 5.33. The Bertz CT molecular complexity index is 1070. The van der Waals surface area contributed by atoms with Crippen LogP contribution in [0.15, 0.2) is 77.0 Å². The van der Waals surface area contributed by atoms with E-state index in [1.54, 1.807) is 67.6 Å². The molecule has 0 radical (unpaired) electrons. The number of esters is 1. The van der Waals surface area contributed by atoms with Crippen LogP contribution in [0, 0.1) is 5.41 Å². The highest BCUT2D eigenvalue weighted by Crippen LogP contribution is 2.24. The first-order valence-corrected chi connectivity index (χ1v) is 8.48. The van der Waals surface area contributed by atoms with Gasteiger partial charge in [-0.25, -0.2) is 4.79 Å². The van der Waals surface area contributed by atoms with Crippen molar-refractivity contribution >= 4 is 29.6 Å². The first-order valence-electron chi connectivity index (χ1n) is 8.48. The summed E-state index contributed by atoms with van der Waals surface area (Å²) in [5, 5.41) is 9.41. The standard InChI is InChI=1S/C21H15N3O4/c1-13-11-18-23-20(25)17(19(22)24(18)28-13)12-14-7-9-16(10-8-14)27-21(26)15-5-3-2-4-6-15/h2-12,22H,1H3/b17-12+,22-19?. The van der Waals surface area contributed by atoms with Gasteiger partial charge in [-0.2, -0.15) is 4.99 Å². The molecular weight excluding hydrogens is 358 g/mol. The Kier molecular flexibility index (Phi) is 4.33. The Morgan fingerprint density at radius 3 is 2.57 bits per heavy atom. The molecule has 7 heteroatoms. The summed E-state index contributed by atoms with van der Waals surface area (Å²) in [6.07, 6.45) is 3.14. The van der Waals surface area contributed by atoms with Crippen LogP contribution >= 0.6 is 0 Å². The number of carbonyl (C=O) groups excluding carboxylic acids is 2. The Labute approximate surface area is 160 Å². The Hall–Kier alpha value is -4.00. The van der Waals surface area contributed by atoms with Gasteiger partial charge in [0.15, 0.2) is 11.7 Å². The van der Waals surface area contributed by atoms with Crippen molar-refractivity contribution in [3.8, 4) is 5.75 Å². The zero-order chi connectivity index (χ0) is 19.7. The van der Waals surface area contributed by atoms with E-state index in [0.29, 0.717) is 28.5 Å². The molecule has 0 aromatic heterocycles. The minimum atomic E-state index is -0.509. The van der Waals surface area contributed by atoms with E-state index in [1.165, 1.54) is 5.06 Å². The largest absolute Gasteiger partial charge is 0.423 e. The van der Waals surface area contributed by atoms with Crippen molar-refractivity contribution in [3.05, 3.63) is 83.1 Å². The van der Waals surface area contributed by atoms with Gasteiger partial charge in [-0.15, -0.1) is 5.06 Å². The van der Waals surface area contributed by atoms with Gasteiger partial charge in [-0.1, -0.05) is 30.3 Å². The summed E-state index contributed by atoms with van der Waals surface area (Å²) in [6, 6.07) is 15.3. The molecule has 0 saturated carbocycles. The number of fused-ring (bicyclic) bond motifs is 1. The van der Waals surface area contributed by atoms with Gasteiger partial charge < -0.3 is 9.57 Å². The number of nitrogens with one attached hydrogen (secondary N) is 1. The van der Waals surface area contributed by atoms with Crippen molar-refractivity contribution in [1.82, 2.24) is 5.06 Å². The van der Waals surface area contributed by atoms with Crippen molar-refractivity contribution in [2.24, 2.45) is 4.99 Å². The van der Waals surface area contributed by atoms with E-state index >= 15 is 0 Å². The van der Waals surface area contributed by atoms with E-state index < -0.39 is 11.9 Å². The average Bonchev–Trinajstić information content (AvgIpc) is 3.07. The predicted octanol–water partition coefficient (Wildman–Crippen LogP) is 3.36. The van der Waals surface area contributed by atoms with Gasteiger partial charge in [0.25, 0.3) is 5.91 Å². The van der Waals surface area contributed by atoms with Crippen molar-refractivity contribution in [3.63, 3.8) is 0 Å². The molecule has 1 N–H and O–H groups in total. The molecule has 0 unspecified atom stereocenters. The summed E-state index contributed by atoms with van der Waals surface area (Å²) in [5.74, 6) is 0.193. The third kappa shape index (κ3) is 3.33. The summed E-state index contributed by atoms with van der Waals surface area (Å²) >= 11 is 0. The summed E-state index contributed by atoms with van der Waals surface area (Å²) in [6.45, 7) is 1.72. The quantitative estimate of drug-likeness (QED) is 0.506. The summed E-state index contributed by atoms with van der Waals surface area (Å²) in [5.41, 5.74) is 1.23. The number of rotatable bonds is 3. The maximum atomic E-state index is 12.3. The maximum absolute atomic E-state index is 12.3. The number of amidine groups is 2. The molecule has 2 aliphatic rings. The number of aliphatic imine (C=N–C) groups is 1. The molecule has 0 aliphatic carbocycles. The minimum Gasteiger partial charge on any atom is -0.423 e. The van der Waals surface area contributed by atoms with Gasteiger partial charge in [0.05, 0.1) is 11.1 Å². The van der Waals surface area contributed by atoms with E-state index in [2.05, 4.69) is 4.99 Å². The zero-order valence-corrected chi connectivity index (χ0v) is 14.9. The Balaban J connectivity index is 1.51. The molecule has 0 bridgehead atoms. The van der Waals surface area contributed by atoms with Crippen molar-refractivity contribution < 1.29 is 19.2 Å². The number of carbonyl (C=O) groups is 2. The molecule has 4 rings (SSSR count). The van der Waals surface area contributed by atoms with Gasteiger partial charge in [0.2, 0.25) is 0 Å². The van der Waals surface area contributed by atoms with Crippen LogP contribution in [0.5, 0.6) is 5.75 Å². The maximum Gasteiger partial charge on any atom is 0.343 e. The van der Waals surface area contributed by atoms with E-state index in [-0.39, 0.29) is 11.4 Å². The first-order chi connectivity index (χ1) is 13.5. The smallest absolute Gasteiger partial charge is 0.343 e. The topological polar surface area (TPSA) is 92.0 Å². The fraction of sp³-hybridized carbons (Fsp3) is 0.0476. The van der Waals surface area contributed by atoms with Gasteiger partial charge in [-0.3, -0.25) is 10.2 Å². The Morgan fingerprint density at radius 1 is 1.14 bits per heavy atom. The van der Waals surface area contributed by atoms with Gasteiger partial charge in [0.1, 0.15) is 11.5 Å². The molecule has 28 heavy (non-hydrogen) atoms. The molecule has 0 atom stereocenters. The van der Waals surface area contributed by atoms with Crippen LogP contribution in [-0.2, 0) is 9.63 Å². The molecule has 0 fully saturated rings. The fourth-order valence-electron chi connectivity index (χ4n) is 2.74. The lowest BCUT2D eigenvalue weighted by Crippen LogP contribution is -2.38. The number of hydrogen-bond acceptors (Lipinski definition) is 5. The Morgan fingerprint density at radius 2 is 1.86 bits per heavy atom. The monoisotopic (exact) mass is 373 g/mol. The van der Waals surface area contributed by atoms with E-state index in [1.807, 2.05) is 6.07 Å². The fourth-order valence-corrected chi connectivity index (χ4v) is 2.74. The zero-order valence-electron chi connectivity index (χ0n) is 14.9. The highest BCUT2D eigenvalue weighted by atomic mass is 16.7. The molecule has 0 spiro atoms. The number of ether oxygens (including phenoxy) is 1. The number of hydrogen-bond donors (Lipinski definition) is 1. The highest BCUT2D eigenvalue weighted by Gasteiger charge is 2.34. The van der Waals surface area contributed by atoms with E-state index in [9.17, 15) is 9.59 Å². The van der Waals surface area contributed by atoms with Crippen LogP contribution in [0.25, 0.3) is 6.08 Å². The van der Waals surface area contributed by atoms with Gasteiger partial charge in [-0.05, 0) is 42.8 Å². The van der Waals surface area contributed by atoms with Gasteiger partial charge >= 0.3 is 5.97 Å². The van der Waals surface area contributed by atoms with Gasteiger partial charge in [0, 0.05) is 6.08 Å². The van der Waals surface area contributed by atoms with Crippen molar-refractivity contribution in [2.75, 3.05) is 0 Å². The number of allylic oxidation sites excluding steroid dienone is 1. The van der Waals surface area contributed by atoms with E-state index in [0.717, 1.165) is 0 Å². The molecule has 2 heterocycles. The number of nitrogens with zero attached hydrogens (tertiary/aromatic N) is 2. The summed E-state index contributed by atoms with van der Waals surface area (Å²) in [7, 11) is 0. The number of benzene rings is 2. The number of amides is 1. The summed E-state index contributed by atoms with van der Waals surface area (Å²) in [4.78, 5) is 33.7. The van der Waals surface area contributed by atoms with Crippen LogP contribution in [0.4, 0.5) is 0 Å². The number of hydroxylamine groups is 2. The third-order valence-corrected chi connectivity index (χ3v) is 4.09. The lowest BCUT2D eigenvalue weighted by Gasteiger charge is -2.22. The normalized spacial score (nSPS) is 17.0. The first kappa shape index (κ1) is 17.4.